The highest BCUT2D eigenvalue weighted by molar-refractivity contribution is 9.10. The Labute approximate surface area is 104 Å². The maximum Gasteiger partial charge on any atom is 0.133 e. The fraction of sp³-hybridized carbons (Fsp3) is 0.500. The van der Waals surface area contributed by atoms with Gasteiger partial charge in [0.1, 0.15) is 11.5 Å². The molecule has 0 saturated carbocycles. The van der Waals surface area contributed by atoms with Gasteiger partial charge in [0.2, 0.25) is 0 Å². The van der Waals surface area contributed by atoms with Gasteiger partial charge >= 0.3 is 0 Å². The predicted molar refractivity (Wildman–Crippen MR) is 67.2 cm³/mol. The number of benzene rings is 1. The van der Waals surface area contributed by atoms with Crippen molar-refractivity contribution in [3.8, 4) is 11.5 Å². The summed E-state index contributed by atoms with van der Waals surface area (Å²) in [6, 6.07) is 3.66. The monoisotopic (exact) mass is 285 g/mol. The fourth-order valence-corrected chi connectivity index (χ4v) is 2.67. The van der Waals surface area contributed by atoms with Crippen molar-refractivity contribution in [3.63, 3.8) is 0 Å². The molecule has 0 bridgehead atoms. The minimum Gasteiger partial charge on any atom is -0.508 e. The zero-order valence-electron chi connectivity index (χ0n) is 9.29. The summed E-state index contributed by atoms with van der Waals surface area (Å²) >= 11 is 3.37. The van der Waals surface area contributed by atoms with Gasteiger partial charge in [0, 0.05) is 5.56 Å². The summed E-state index contributed by atoms with van der Waals surface area (Å²) in [7, 11) is 1.64. The average Bonchev–Trinajstić information content (AvgIpc) is 2.30. The Balaban J connectivity index is 2.31. The number of hydrogen-bond acceptors (Lipinski definition) is 3. The van der Waals surface area contributed by atoms with E-state index in [2.05, 4.69) is 21.2 Å². The van der Waals surface area contributed by atoms with Crippen molar-refractivity contribution in [1.29, 1.82) is 0 Å². The normalized spacial score (nSPS) is 17.4. The van der Waals surface area contributed by atoms with E-state index < -0.39 is 0 Å². The van der Waals surface area contributed by atoms with E-state index in [-0.39, 0.29) is 0 Å². The molecule has 4 heteroatoms. The third kappa shape index (κ3) is 2.33. The molecule has 0 atom stereocenters. The minimum atomic E-state index is 0.361. The highest BCUT2D eigenvalue weighted by Gasteiger charge is 2.20. The number of phenolic OH excluding ortho intramolecular Hbond substituents is 1. The Morgan fingerprint density at radius 1 is 1.38 bits per heavy atom. The van der Waals surface area contributed by atoms with Crippen molar-refractivity contribution in [2.45, 2.75) is 18.8 Å². The first-order valence-electron chi connectivity index (χ1n) is 5.49. The van der Waals surface area contributed by atoms with Crippen LogP contribution in [-0.4, -0.2) is 25.3 Å². The number of aromatic hydroxyl groups is 1. The SMILES string of the molecule is COc1cc(C2CCNCC2)c(O)cc1Br. The van der Waals surface area contributed by atoms with Gasteiger partial charge in [0.15, 0.2) is 0 Å². The van der Waals surface area contributed by atoms with E-state index in [9.17, 15) is 5.11 Å². The van der Waals surface area contributed by atoms with Gasteiger partial charge in [0.25, 0.3) is 0 Å². The number of rotatable bonds is 2. The minimum absolute atomic E-state index is 0.361. The molecule has 1 aliphatic rings. The van der Waals surface area contributed by atoms with E-state index >= 15 is 0 Å². The van der Waals surface area contributed by atoms with Gasteiger partial charge in [-0.25, -0.2) is 0 Å². The standard InChI is InChI=1S/C12H16BrNO2/c1-16-12-6-9(11(15)7-10(12)13)8-2-4-14-5-3-8/h6-8,14-15H,2-5H2,1H3. The van der Waals surface area contributed by atoms with Gasteiger partial charge < -0.3 is 15.2 Å². The molecule has 3 nitrogen and oxygen atoms in total. The molecule has 2 rings (SSSR count). The Morgan fingerprint density at radius 2 is 2.06 bits per heavy atom. The summed E-state index contributed by atoms with van der Waals surface area (Å²) in [6.45, 7) is 2.03. The zero-order chi connectivity index (χ0) is 11.5. The van der Waals surface area contributed by atoms with Crippen LogP contribution in [0.2, 0.25) is 0 Å². The zero-order valence-corrected chi connectivity index (χ0v) is 10.9. The lowest BCUT2D eigenvalue weighted by Gasteiger charge is -2.24. The van der Waals surface area contributed by atoms with Gasteiger partial charge in [0.05, 0.1) is 11.6 Å². The number of methoxy groups -OCH3 is 1. The van der Waals surface area contributed by atoms with Crippen LogP contribution in [0.15, 0.2) is 16.6 Å². The highest BCUT2D eigenvalue weighted by Crippen LogP contribution is 2.38. The first kappa shape index (κ1) is 11.7. The van der Waals surface area contributed by atoms with E-state index in [1.54, 1.807) is 13.2 Å². The maximum absolute atomic E-state index is 9.96. The molecule has 16 heavy (non-hydrogen) atoms. The van der Waals surface area contributed by atoms with Crippen LogP contribution in [0.3, 0.4) is 0 Å². The van der Waals surface area contributed by atoms with Crippen LogP contribution >= 0.6 is 15.9 Å². The van der Waals surface area contributed by atoms with E-state index in [1.807, 2.05) is 6.07 Å². The molecule has 0 aromatic heterocycles. The summed E-state index contributed by atoms with van der Waals surface area (Å²) in [5, 5.41) is 13.3. The van der Waals surface area contributed by atoms with Crippen molar-refractivity contribution in [2.24, 2.45) is 0 Å². The Morgan fingerprint density at radius 3 is 2.69 bits per heavy atom. The molecule has 0 amide bonds. The molecule has 0 radical (unpaired) electrons. The molecule has 0 unspecified atom stereocenters. The Bertz CT molecular complexity index is 376. The van der Waals surface area contributed by atoms with Crippen molar-refractivity contribution >= 4 is 15.9 Å². The molecule has 0 spiro atoms. The largest absolute Gasteiger partial charge is 0.508 e. The molecule has 1 aromatic rings. The molecular weight excluding hydrogens is 270 g/mol. The summed E-state index contributed by atoms with van der Waals surface area (Å²) < 4.78 is 6.05. The molecule has 1 saturated heterocycles. The lowest BCUT2D eigenvalue weighted by atomic mass is 9.89. The van der Waals surface area contributed by atoms with Gasteiger partial charge in [-0.1, -0.05) is 0 Å². The summed E-state index contributed by atoms with van der Waals surface area (Å²) in [4.78, 5) is 0. The van der Waals surface area contributed by atoms with Crippen LogP contribution in [0.4, 0.5) is 0 Å². The lowest BCUT2D eigenvalue weighted by molar-refractivity contribution is 0.399. The number of halogens is 1. The molecule has 1 aliphatic heterocycles. The van der Waals surface area contributed by atoms with Crippen LogP contribution in [0.5, 0.6) is 11.5 Å². The summed E-state index contributed by atoms with van der Waals surface area (Å²) in [5.74, 6) is 1.58. The molecule has 2 N–H and O–H groups in total. The topological polar surface area (TPSA) is 41.5 Å². The number of hydrogen-bond donors (Lipinski definition) is 2. The number of piperidine rings is 1. The van der Waals surface area contributed by atoms with Gasteiger partial charge in [-0.05, 0) is 59.9 Å². The average molecular weight is 286 g/mol. The number of ether oxygens (including phenoxy) is 1. The van der Waals surface area contributed by atoms with Crippen molar-refractivity contribution in [3.05, 3.63) is 22.2 Å². The Kier molecular flexibility index (Phi) is 3.71. The van der Waals surface area contributed by atoms with E-state index in [1.165, 1.54) is 0 Å². The van der Waals surface area contributed by atoms with Gasteiger partial charge in [-0.2, -0.15) is 0 Å². The first-order valence-corrected chi connectivity index (χ1v) is 6.28. The Hall–Kier alpha value is -0.740. The van der Waals surface area contributed by atoms with Crippen LogP contribution in [0.25, 0.3) is 0 Å². The third-order valence-corrected chi connectivity index (χ3v) is 3.70. The van der Waals surface area contributed by atoms with Gasteiger partial charge in [-0.15, -0.1) is 0 Å². The second-order valence-electron chi connectivity index (χ2n) is 4.07. The molecule has 0 aliphatic carbocycles. The maximum atomic E-state index is 9.96. The van der Waals surface area contributed by atoms with Crippen LogP contribution in [0.1, 0.15) is 24.3 Å². The van der Waals surface area contributed by atoms with E-state index in [0.29, 0.717) is 11.7 Å². The second-order valence-corrected chi connectivity index (χ2v) is 4.92. The number of nitrogens with one attached hydrogen (secondary N) is 1. The van der Waals surface area contributed by atoms with E-state index in [0.717, 1.165) is 41.7 Å². The summed E-state index contributed by atoms with van der Waals surface area (Å²) in [5.41, 5.74) is 1.00. The summed E-state index contributed by atoms with van der Waals surface area (Å²) in [6.07, 6.45) is 2.14. The van der Waals surface area contributed by atoms with Crippen molar-refractivity contribution < 1.29 is 9.84 Å². The van der Waals surface area contributed by atoms with Crippen molar-refractivity contribution in [1.82, 2.24) is 5.32 Å². The number of phenols is 1. The van der Waals surface area contributed by atoms with Crippen LogP contribution in [0, 0.1) is 0 Å². The fourth-order valence-electron chi connectivity index (χ4n) is 2.17. The quantitative estimate of drug-likeness (QED) is 0.878. The first-order chi connectivity index (χ1) is 7.72. The van der Waals surface area contributed by atoms with Crippen LogP contribution in [-0.2, 0) is 0 Å². The van der Waals surface area contributed by atoms with Gasteiger partial charge in [-0.3, -0.25) is 0 Å². The van der Waals surface area contributed by atoms with Crippen molar-refractivity contribution in [2.75, 3.05) is 20.2 Å². The third-order valence-electron chi connectivity index (χ3n) is 3.08. The molecule has 1 aromatic carbocycles. The molecule has 1 fully saturated rings. The molecule has 88 valence electrons. The second kappa shape index (κ2) is 5.06. The lowest BCUT2D eigenvalue weighted by Crippen LogP contribution is -2.26. The van der Waals surface area contributed by atoms with Crippen LogP contribution < -0.4 is 10.1 Å². The highest BCUT2D eigenvalue weighted by atomic mass is 79.9. The van der Waals surface area contributed by atoms with E-state index in [4.69, 9.17) is 4.74 Å². The smallest absolute Gasteiger partial charge is 0.133 e. The predicted octanol–water partition coefficient (Wildman–Crippen LogP) is 2.63. The molecular formula is C12H16BrNO2. The molecule has 1 heterocycles.